The van der Waals surface area contributed by atoms with E-state index in [1.54, 1.807) is 0 Å². The summed E-state index contributed by atoms with van der Waals surface area (Å²) in [7, 11) is 1.92. The van der Waals surface area contributed by atoms with Crippen molar-refractivity contribution in [3.63, 3.8) is 0 Å². The topological polar surface area (TPSA) is 44.7 Å². The molecule has 0 saturated heterocycles. The number of rotatable bonds is 4. The molecule has 0 radical (unpaired) electrons. The molecular weight excluding hydrogens is 190 g/mol. The maximum absolute atomic E-state index is 12.0. The Balaban J connectivity index is 1.90. The highest BCUT2D eigenvalue weighted by Crippen LogP contribution is 2.29. The predicted octanol–water partition coefficient (Wildman–Crippen LogP) is 0.637. The van der Waals surface area contributed by atoms with Gasteiger partial charge in [-0.3, -0.25) is 14.7 Å². The van der Waals surface area contributed by atoms with Gasteiger partial charge in [-0.1, -0.05) is 6.42 Å². The molecule has 4 nitrogen and oxygen atoms in total. The molecule has 1 fully saturated rings. The van der Waals surface area contributed by atoms with Crippen molar-refractivity contribution < 1.29 is 4.79 Å². The number of amidine groups is 1. The van der Waals surface area contributed by atoms with Gasteiger partial charge >= 0.3 is 0 Å². The lowest BCUT2D eigenvalue weighted by Crippen LogP contribution is -2.41. The zero-order valence-corrected chi connectivity index (χ0v) is 9.33. The molecule has 0 atom stereocenters. The molecule has 1 aliphatic heterocycles. The maximum atomic E-state index is 12.0. The first kappa shape index (κ1) is 10.6. The largest absolute Gasteiger partial charge is 0.319 e. The summed E-state index contributed by atoms with van der Waals surface area (Å²) in [6, 6.07) is 0. The van der Waals surface area contributed by atoms with E-state index in [1.807, 2.05) is 11.9 Å². The molecule has 2 aliphatic rings. The van der Waals surface area contributed by atoms with Gasteiger partial charge in [0, 0.05) is 25.4 Å². The number of hydrogen-bond donors (Lipinski definition) is 1. The van der Waals surface area contributed by atoms with Crippen LogP contribution in [0, 0.1) is 5.92 Å². The first-order chi connectivity index (χ1) is 7.33. The Kier molecular flexibility index (Phi) is 3.36. The third-order valence-electron chi connectivity index (χ3n) is 3.25. The highest BCUT2D eigenvalue weighted by molar-refractivity contribution is 6.00. The van der Waals surface area contributed by atoms with Gasteiger partial charge in [0.2, 0.25) is 5.91 Å². The van der Waals surface area contributed by atoms with Crippen molar-refractivity contribution in [2.75, 3.05) is 26.7 Å². The van der Waals surface area contributed by atoms with Crippen LogP contribution in [0.1, 0.15) is 25.7 Å². The van der Waals surface area contributed by atoms with Gasteiger partial charge in [-0.25, -0.2) is 0 Å². The average Bonchev–Trinajstić information content (AvgIpc) is 2.59. The number of hydrogen-bond acceptors (Lipinski definition) is 3. The third-order valence-corrected chi connectivity index (χ3v) is 3.25. The van der Waals surface area contributed by atoms with E-state index in [-0.39, 0.29) is 0 Å². The van der Waals surface area contributed by atoms with Gasteiger partial charge in [0.25, 0.3) is 0 Å². The Morgan fingerprint density at radius 1 is 1.60 bits per heavy atom. The molecular formula is C11H19N3O. The summed E-state index contributed by atoms with van der Waals surface area (Å²) in [5.41, 5.74) is 0. The van der Waals surface area contributed by atoms with Crippen molar-refractivity contribution in [1.29, 1.82) is 0 Å². The first-order valence-electron chi connectivity index (χ1n) is 5.82. The molecule has 0 unspecified atom stereocenters. The molecule has 4 heteroatoms. The van der Waals surface area contributed by atoms with Crippen molar-refractivity contribution in [3.05, 3.63) is 0 Å². The Morgan fingerprint density at radius 3 is 3.00 bits per heavy atom. The van der Waals surface area contributed by atoms with Gasteiger partial charge in [-0.2, -0.15) is 0 Å². The molecule has 0 aromatic rings. The summed E-state index contributed by atoms with van der Waals surface area (Å²) in [6.45, 7) is 2.49. The Hall–Kier alpha value is -0.900. The quantitative estimate of drug-likeness (QED) is 0.738. The molecule has 0 aromatic carbocycles. The van der Waals surface area contributed by atoms with Crippen LogP contribution in [0.2, 0.25) is 0 Å². The van der Waals surface area contributed by atoms with Gasteiger partial charge in [0.05, 0.1) is 6.54 Å². The van der Waals surface area contributed by atoms with Crippen LogP contribution < -0.4 is 5.32 Å². The lowest BCUT2D eigenvalue weighted by molar-refractivity contribution is -0.133. The molecule has 0 aromatic heterocycles. The standard InChI is InChI=1S/C11H19N3O/c1-12-6-5-10-13-7-8-14(10)11(15)9-3-2-4-9/h9,12H,2-8H2,1H3. The van der Waals surface area contributed by atoms with E-state index in [4.69, 9.17) is 0 Å². The summed E-state index contributed by atoms with van der Waals surface area (Å²) in [5, 5.41) is 3.09. The normalized spacial score (nSPS) is 21.4. The van der Waals surface area contributed by atoms with Crippen LogP contribution in [-0.2, 0) is 4.79 Å². The van der Waals surface area contributed by atoms with E-state index in [9.17, 15) is 4.79 Å². The number of aliphatic imine (C=N–C) groups is 1. The zero-order valence-electron chi connectivity index (χ0n) is 9.33. The summed E-state index contributed by atoms with van der Waals surface area (Å²) in [5.74, 6) is 1.60. The monoisotopic (exact) mass is 209 g/mol. The van der Waals surface area contributed by atoms with E-state index < -0.39 is 0 Å². The summed E-state index contributed by atoms with van der Waals surface area (Å²) in [6.07, 6.45) is 4.24. The van der Waals surface area contributed by atoms with E-state index in [2.05, 4.69) is 10.3 Å². The van der Waals surface area contributed by atoms with Crippen LogP contribution >= 0.6 is 0 Å². The number of carbonyl (C=O) groups excluding carboxylic acids is 1. The highest BCUT2D eigenvalue weighted by atomic mass is 16.2. The van der Waals surface area contributed by atoms with Crippen LogP contribution in [0.4, 0.5) is 0 Å². The smallest absolute Gasteiger partial charge is 0.231 e. The van der Waals surface area contributed by atoms with E-state index in [1.165, 1.54) is 6.42 Å². The van der Waals surface area contributed by atoms with Crippen LogP contribution in [-0.4, -0.2) is 43.3 Å². The molecule has 1 aliphatic carbocycles. The molecule has 1 N–H and O–H groups in total. The molecule has 2 rings (SSSR count). The minimum absolute atomic E-state index is 0.294. The van der Waals surface area contributed by atoms with Gasteiger partial charge in [-0.05, 0) is 19.9 Å². The maximum Gasteiger partial charge on any atom is 0.231 e. The predicted molar refractivity (Wildman–Crippen MR) is 59.9 cm³/mol. The van der Waals surface area contributed by atoms with E-state index in [0.717, 1.165) is 44.7 Å². The molecule has 84 valence electrons. The Labute approximate surface area is 90.7 Å². The van der Waals surface area contributed by atoms with Gasteiger partial charge in [0.1, 0.15) is 5.84 Å². The van der Waals surface area contributed by atoms with Crippen molar-refractivity contribution in [2.24, 2.45) is 10.9 Å². The fourth-order valence-corrected chi connectivity index (χ4v) is 2.06. The highest BCUT2D eigenvalue weighted by Gasteiger charge is 2.32. The van der Waals surface area contributed by atoms with Gasteiger partial charge in [0.15, 0.2) is 0 Å². The number of carbonyl (C=O) groups is 1. The second kappa shape index (κ2) is 4.75. The molecule has 0 spiro atoms. The lowest BCUT2D eigenvalue weighted by Gasteiger charge is -2.29. The summed E-state index contributed by atoms with van der Waals surface area (Å²) in [4.78, 5) is 18.3. The van der Waals surface area contributed by atoms with Crippen LogP contribution in [0.15, 0.2) is 4.99 Å². The first-order valence-corrected chi connectivity index (χ1v) is 5.82. The SMILES string of the molecule is CNCCC1=NCCN1C(=O)C1CCC1. The van der Waals surface area contributed by atoms with Gasteiger partial charge in [-0.15, -0.1) is 0 Å². The summed E-state index contributed by atoms with van der Waals surface area (Å²) >= 11 is 0. The van der Waals surface area contributed by atoms with Gasteiger partial charge < -0.3 is 5.32 Å². The lowest BCUT2D eigenvalue weighted by atomic mass is 9.84. The number of amides is 1. The third kappa shape index (κ3) is 2.20. The molecule has 1 saturated carbocycles. The van der Waals surface area contributed by atoms with Crippen LogP contribution in [0.5, 0.6) is 0 Å². The molecule has 0 bridgehead atoms. The summed E-state index contributed by atoms with van der Waals surface area (Å²) < 4.78 is 0. The second-order valence-electron chi connectivity index (χ2n) is 4.27. The molecule has 1 amide bonds. The average molecular weight is 209 g/mol. The second-order valence-corrected chi connectivity index (χ2v) is 4.27. The molecule has 15 heavy (non-hydrogen) atoms. The minimum Gasteiger partial charge on any atom is -0.319 e. The van der Waals surface area contributed by atoms with Crippen molar-refractivity contribution in [1.82, 2.24) is 10.2 Å². The van der Waals surface area contributed by atoms with Crippen molar-refractivity contribution in [3.8, 4) is 0 Å². The minimum atomic E-state index is 0.294. The Bertz CT molecular complexity index is 271. The number of nitrogens with one attached hydrogen (secondary N) is 1. The van der Waals surface area contributed by atoms with E-state index in [0.29, 0.717) is 11.8 Å². The number of nitrogens with zero attached hydrogens (tertiary/aromatic N) is 2. The Morgan fingerprint density at radius 2 is 2.40 bits per heavy atom. The van der Waals surface area contributed by atoms with Crippen molar-refractivity contribution in [2.45, 2.75) is 25.7 Å². The fraction of sp³-hybridized carbons (Fsp3) is 0.818. The van der Waals surface area contributed by atoms with Crippen LogP contribution in [0.25, 0.3) is 0 Å². The zero-order chi connectivity index (χ0) is 10.7. The van der Waals surface area contributed by atoms with Crippen LogP contribution in [0.3, 0.4) is 0 Å². The molecule has 1 heterocycles. The van der Waals surface area contributed by atoms with Crippen molar-refractivity contribution >= 4 is 11.7 Å². The fourth-order valence-electron chi connectivity index (χ4n) is 2.06. The van der Waals surface area contributed by atoms with E-state index >= 15 is 0 Å².